The number of hydrogen-bond acceptors (Lipinski definition) is 3. The second kappa shape index (κ2) is 7.41. The van der Waals surface area contributed by atoms with E-state index in [9.17, 15) is 17.2 Å². The molecule has 2 saturated heterocycles. The Morgan fingerprint density at radius 2 is 1.93 bits per heavy atom. The van der Waals surface area contributed by atoms with Crippen LogP contribution < -0.4 is 0 Å². The molecular formula is C20H27F2NO3S. The summed E-state index contributed by atoms with van der Waals surface area (Å²) in [6.07, 6.45) is 7.51. The minimum atomic E-state index is -3.61. The van der Waals surface area contributed by atoms with Gasteiger partial charge in [-0.15, -0.1) is 0 Å². The average Bonchev–Trinajstić information content (AvgIpc) is 3.26. The number of sulfonamides is 1. The van der Waals surface area contributed by atoms with Crippen molar-refractivity contribution in [3.63, 3.8) is 0 Å². The van der Waals surface area contributed by atoms with Crippen molar-refractivity contribution in [2.75, 3.05) is 18.9 Å². The van der Waals surface area contributed by atoms with Gasteiger partial charge in [0.05, 0.1) is 24.5 Å². The molecular weight excluding hydrogens is 372 g/mol. The lowest BCUT2D eigenvalue weighted by Crippen LogP contribution is -2.37. The summed E-state index contributed by atoms with van der Waals surface area (Å²) in [7, 11) is -3.61. The van der Waals surface area contributed by atoms with E-state index < -0.39 is 27.7 Å². The third kappa shape index (κ3) is 3.91. The van der Waals surface area contributed by atoms with Crippen LogP contribution in [-0.2, 0) is 14.8 Å². The Hall–Kier alpha value is -1.05. The second-order valence-electron chi connectivity index (χ2n) is 8.41. The molecule has 1 aromatic rings. The van der Waals surface area contributed by atoms with Crippen LogP contribution in [0.15, 0.2) is 18.2 Å². The fraction of sp³-hybridized carbons (Fsp3) is 0.700. The number of hydrogen-bond donors (Lipinski definition) is 0. The number of nitrogens with zero attached hydrogens (tertiary/aromatic N) is 1. The van der Waals surface area contributed by atoms with Gasteiger partial charge in [-0.2, -0.15) is 4.31 Å². The predicted octanol–water partition coefficient (Wildman–Crippen LogP) is 4.17. The van der Waals surface area contributed by atoms with Gasteiger partial charge in [-0.1, -0.05) is 19.3 Å². The molecule has 3 aliphatic rings. The normalized spacial score (nSPS) is 28.8. The lowest BCUT2D eigenvalue weighted by Gasteiger charge is -2.31. The van der Waals surface area contributed by atoms with E-state index in [1.54, 1.807) is 0 Å². The molecule has 4 rings (SSSR count). The smallest absolute Gasteiger partial charge is 0.217 e. The maximum absolute atomic E-state index is 14.2. The van der Waals surface area contributed by atoms with Gasteiger partial charge in [-0.3, -0.25) is 0 Å². The summed E-state index contributed by atoms with van der Waals surface area (Å²) >= 11 is 0. The standard InChI is InChI=1S/C20H27F2NO3S/c21-15-6-7-18(22)17(11-15)19-5-4-10-23(19)27(24,25)13-16-12-20(14-26-16)8-2-1-3-9-20/h6-7,11,16,19H,1-5,8-10,12-14H2. The van der Waals surface area contributed by atoms with Crippen LogP contribution in [0.4, 0.5) is 8.78 Å². The van der Waals surface area contributed by atoms with Gasteiger partial charge in [0.15, 0.2) is 0 Å². The van der Waals surface area contributed by atoms with E-state index in [1.807, 2.05) is 0 Å². The lowest BCUT2D eigenvalue weighted by atomic mass is 9.73. The van der Waals surface area contributed by atoms with Crippen LogP contribution >= 0.6 is 0 Å². The molecule has 0 aromatic heterocycles. The van der Waals surface area contributed by atoms with E-state index in [1.165, 1.54) is 23.6 Å². The number of ether oxygens (including phenoxy) is 1. The molecule has 1 saturated carbocycles. The van der Waals surface area contributed by atoms with Gasteiger partial charge in [0, 0.05) is 12.1 Å². The first-order valence-corrected chi connectivity index (χ1v) is 11.6. The summed E-state index contributed by atoms with van der Waals surface area (Å²) in [5, 5.41) is 0. The van der Waals surface area contributed by atoms with E-state index in [4.69, 9.17) is 4.74 Å². The molecule has 3 fully saturated rings. The summed E-state index contributed by atoms with van der Waals surface area (Å²) in [6, 6.07) is 2.62. The predicted molar refractivity (Wildman–Crippen MR) is 98.7 cm³/mol. The fourth-order valence-electron chi connectivity index (χ4n) is 5.14. The first-order valence-electron chi connectivity index (χ1n) is 9.95. The van der Waals surface area contributed by atoms with Gasteiger partial charge >= 0.3 is 0 Å². The summed E-state index contributed by atoms with van der Waals surface area (Å²) in [5.41, 5.74) is 0.282. The molecule has 0 radical (unpaired) electrons. The maximum Gasteiger partial charge on any atom is 0.217 e. The van der Waals surface area contributed by atoms with Crippen LogP contribution in [0, 0.1) is 17.0 Å². The molecule has 1 aromatic carbocycles. The molecule has 4 nitrogen and oxygen atoms in total. The number of halogens is 2. The Balaban J connectivity index is 1.49. The minimum absolute atomic E-state index is 0.0673. The van der Waals surface area contributed by atoms with Crippen LogP contribution in [0.5, 0.6) is 0 Å². The van der Waals surface area contributed by atoms with Gasteiger partial charge in [-0.25, -0.2) is 17.2 Å². The van der Waals surface area contributed by atoms with Crippen molar-refractivity contribution in [2.24, 2.45) is 5.41 Å². The van der Waals surface area contributed by atoms with Crippen molar-refractivity contribution in [1.82, 2.24) is 4.31 Å². The Morgan fingerprint density at radius 3 is 2.70 bits per heavy atom. The third-order valence-corrected chi connectivity index (χ3v) is 8.42. The molecule has 27 heavy (non-hydrogen) atoms. The first-order chi connectivity index (χ1) is 12.9. The zero-order chi connectivity index (χ0) is 19.1. The second-order valence-corrected chi connectivity index (χ2v) is 10.4. The molecule has 1 spiro atoms. The van der Waals surface area contributed by atoms with Crippen molar-refractivity contribution in [3.05, 3.63) is 35.4 Å². The van der Waals surface area contributed by atoms with Gasteiger partial charge in [-0.05, 0) is 55.7 Å². The van der Waals surface area contributed by atoms with E-state index in [2.05, 4.69) is 0 Å². The van der Waals surface area contributed by atoms with E-state index in [-0.39, 0.29) is 22.8 Å². The Labute approximate surface area is 159 Å². The van der Waals surface area contributed by atoms with E-state index in [0.29, 0.717) is 26.0 Å². The molecule has 0 N–H and O–H groups in total. The van der Waals surface area contributed by atoms with Crippen LogP contribution in [0.2, 0.25) is 0 Å². The minimum Gasteiger partial charge on any atom is -0.377 e. The number of rotatable bonds is 4. The quantitative estimate of drug-likeness (QED) is 0.763. The molecule has 150 valence electrons. The van der Waals surface area contributed by atoms with Crippen LogP contribution in [-0.4, -0.2) is 37.7 Å². The first kappa shape index (κ1) is 19.3. The van der Waals surface area contributed by atoms with E-state index >= 15 is 0 Å². The highest BCUT2D eigenvalue weighted by Crippen LogP contribution is 2.46. The Morgan fingerprint density at radius 1 is 1.15 bits per heavy atom. The zero-order valence-corrected chi connectivity index (χ0v) is 16.3. The highest BCUT2D eigenvalue weighted by Gasteiger charge is 2.44. The van der Waals surface area contributed by atoms with E-state index in [0.717, 1.165) is 37.5 Å². The third-order valence-electron chi connectivity index (χ3n) is 6.47. The summed E-state index contributed by atoms with van der Waals surface area (Å²) < 4.78 is 61.2. The molecule has 2 unspecified atom stereocenters. The van der Waals surface area contributed by atoms with Crippen molar-refractivity contribution < 1.29 is 21.9 Å². The van der Waals surface area contributed by atoms with Crippen molar-refractivity contribution in [3.8, 4) is 0 Å². The van der Waals surface area contributed by atoms with Crippen LogP contribution in [0.1, 0.15) is 63.0 Å². The molecule has 0 amide bonds. The van der Waals surface area contributed by atoms with Crippen molar-refractivity contribution in [1.29, 1.82) is 0 Å². The molecule has 1 aliphatic carbocycles. The van der Waals surface area contributed by atoms with Crippen LogP contribution in [0.3, 0.4) is 0 Å². The highest BCUT2D eigenvalue weighted by molar-refractivity contribution is 7.89. The zero-order valence-electron chi connectivity index (χ0n) is 15.5. The summed E-state index contributed by atoms with van der Waals surface area (Å²) in [6.45, 7) is 0.996. The van der Waals surface area contributed by atoms with Gasteiger partial charge in [0.2, 0.25) is 10.0 Å². The molecule has 0 bridgehead atoms. The monoisotopic (exact) mass is 399 g/mol. The topological polar surface area (TPSA) is 46.6 Å². The van der Waals surface area contributed by atoms with Crippen LogP contribution in [0.25, 0.3) is 0 Å². The number of benzene rings is 1. The van der Waals surface area contributed by atoms with Gasteiger partial charge < -0.3 is 4.74 Å². The average molecular weight is 400 g/mol. The molecule has 2 atom stereocenters. The van der Waals surface area contributed by atoms with Gasteiger partial charge in [0.1, 0.15) is 11.6 Å². The fourth-order valence-corrected chi connectivity index (χ4v) is 7.03. The molecule has 2 heterocycles. The summed E-state index contributed by atoms with van der Waals surface area (Å²) in [5.74, 6) is -1.17. The van der Waals surface area contributed by atoms with Crippen molar-refractivity contribution in [2.45, 2.75) is 63.5 Å². The SMILES string of the molecule is O=S(=O)(CC1CC2(CCCCC2)CO1)N1CCCC1c1cc(F)ccc1F. The van der Waals surface area contributed by atoms with Crippen molar-refractivity contribution >= 4 is 10.0 Å². The van der Waals surface area contributed by atoms with Gasteiger partial charge in [0.25, 0.3) is 0 Å². The molecule has 7 heteroatoms. The largest absolute Gasteiger partial charge is 0.377 e. The Kier molecular flexibility index (Phi) is 5.29. The lowest BCUT2D eigenvalue weighted by molar-refractivity contribution is 0.0931. The summed E-state index contributed by atoms with van der Waals surface area (Å²) in [4.78, 5) is 0. The highest BCUT2D eigenvalue weighted by atomic mass is 32.2. The maximum atomic E-state index is 14.2. The Bertz CT molecular complexity index is 792. The molecule has 2 aliphatic heterocycles.